The van der Waals surface area contributed by atoms with E-state index in [4.69, 9.17) is 0 Å². The quantitative estimate of drug-likeness (QED) is 0.157. The lowest BCUT2D eigenvalue weighted by molar-refractivity contribution is 0.591. The monoisotopic (exact) mass is 898 g/mol. The van der Waals surface area contributed by atoms with E-state index in [1.165, 1.54) is 83.5 Å². The average molecular weight is 899 g/mol. The van der Waals surface area contributed by atoms with Gasteiger partial charge in [0, 0.05) is 39.4 Å². The number of hydrogen-bond acceptors (Lipinski definition) is 2. The lowest BCUT2D eigenvalue weighted by Crippen LogP contribution is -2.27. The highest BCUT2D eigenvalue weighted by Gasteiger charge is 2.53. The Kier molecular flexibility index (Phi) is 9.39. The van der Waals surface area contributed by atoms with Crippen molar-refractivity contribution in [1.29, 1.82) is 0 Å². The van der Waals surface area contributed by atoms with E-state index in [9.17, 15) is 0 Å². The number of benzene rings is 10. The van der Waals surface area contributed by atoms with E-state index in [-0.39, 0.29) is 10.8 Å². The Bertz CT molecular complexity index is 3620. The molecular formula is C68H54N2. The molecule has 3 aliphatic rings. The van der Waals surface area contributed by atoms with Crippen molar-refractivity contribution in [3.63, 3.8) is 0 Å². The van der Waals surface area contributed by atoms with Gasteiger partial charge in [0.25, 0.3) is 0 Å². The standard InChI is InChI=1S/C68H54N2/c1-66(2,3)62-41-50(69(46-26-12-7-13-27-46)49-38-39-58-55(40-49)51-32-18-21-35-57(51)67(58,4)5)42-63-65(62)53-34-20-23-37-60(53)68(63)59-36-22-19-33-52(59)56-43-54(45-24-10-6-11-25-45)64(44-61(56)68)70(47-28-14-8-15-29-47)48-30-16-9-17-31-48/h6-44H,1-5H3. The van der Waals surface area contributed by atoms with Gasteiger partial charge >= 0.3 is 0 Å². The van der Waals surface area contributed by atoms with Gasteiger partial charge in [-0.3, -0.25) is 0 Å². The molecule has 10 aromatic rings. The molecule has 336 valence electrons. The molecule has 1 unspecified atom stereocenters. The fraction of sp³-hybridized carbons (Fsp3) is 0.118. The SMILES string of the molecule is CC(C)(C)c1cc(N(c2ccccc2)c2ccc3c(c2)-c2ccccc2C3(C)C)cc2c1-c1ccccc1C21c2ccccc2-c2cc(-c3ccccc3)c(N(c3ccccc3)c3ccccc3)cc21. The molecule has 0 saturated heterocycles. The zero-order chi connectivity index (χ0) is 47.4. The maximum Gasteiger partial charge on any atom is 0.0727 e. The van der Waals surface area contributed by atoms with E-state index < -0.39 is 5.41 Å². The first-order chi connectivity index (χ1) is 34.1. The van der Waals surface area contributed by atoms with Gasteiger partial charge in [0.05, 0.1) is 11.1 Å². The van der Waals surface area contributed by atoms with Crippen LogP contribution in [0.2, 0.25) is 0 Å². The molecule has 0 bridgehead atoms. The summed E-state index contributed by atoms with van der Waals surface area (Å²) in [5, 5.41) is 0. The third-order valence-corrected chi connectivity index (χ3v) is 15.5. The van der Waals surface area contributed by atoms with Crippen LogP contribution in [0.4, 0.5) is 34.1 Å². The molecular weight excluding hydrogens is 845 g/mol. The van der Waals surface area contributed by atoms with Crippen molar-refractivity contribution in [2.75, 3.05) is 9.80 Å². The van der Waals surface area contributed by atoms with E-state index in [0.29, 0.717) is 0 Å². The van der Waals surface area contributed by atoms with Crippen LogP contribution >= 0.6 is 0 Å². The molecule has 0 aliphatic heterocycles. The van der Waals surface area contributed by atoms with Crippen molar-refractivity contribution in [3.8, 4) is 44.5 Å². The number of nitrogens with zero attached hydrogens (tertiary/aromatic N) is 2. The number of rotatable bonds is 7. The van der Waals surface area contributed by atoms with Gasteiger partial charge in [-0.15, -0.1) is 0 Å². The van der Waals surface area contributed by atoms with E-state index in [0.717, 1.165) is 34.1 Å². The van der Waals surface area contributed by atoms with Crippen molar-refractivity contribution < 1.29 is 0 Å². The molecule has 0 heterocycles. The van der Waals surface area contributed by atoms with Gasteiger partial charge in [-0.05, 0) is 156 Å². The highest BCUT2D eigenvalue weighted by molar-refractivity contribution is 6.02. The van der Waals surface area contributed by atoms with Gasteiger partial charge in [-0.1, -0.05) is 198 Å². The lowest BCUT2D eigenvalue weighted by Gasteiger charge is -2.35. The van der Waals surface area contributed by atoms with E-state index in [1.807, 2.05) is 0 Å². The first kappa shape index (κ1) is 41.9. The predicted octanol–water partition coefficient (Wildman–Crippen LogP) is 18.2. The number of fused-ring (bicyclic) bond motifs is 13. The van der Waals surface area contributed by atoms with Crippen LogP contribution in [0.15, 0.2) is 237 Å². The van der Waals surface area contributed by atoms with Crippen molar-refractivity contribution in [2.45, 2.75) is 50.9 Å². The molecule has 10 aromatic carbocycles. The average Bonchev–Trinajstić information content (AvgIpc) is 3.95. The third-order valence-electron chi connectivity index (χ3n) is 15.5. The molecule has 0 radical (unpaired) electrons. The molecule has 3 aliphatic carbocycles. The van der Waals surface area contributed by atoms with Gasteiger partial charge < -0.3 is 9.80 Å². The zero-order valence-corrected chi connectivity index (χ0v) is 40.4. The second-order valence-electron chi connectivity index (χ2n) is 20.9. The summed E-state index contributed by atoms with van der Waals surface area (Å²) in [4.78, 5) is 4.97. The minimum absolute atomic E-state index is 0.0910. The Hall–Kier alpha value is -8.20. The molecule has 13 rings (SSSR count). The number of para-hydroxylation sites is 3. The minimum atomic E-state index is -0.639. The van der Waals surface area contributed by atoms with Gasteiger partial charge in [0.2, 0.25) is 0 Å². The van der Waals surface area contributed by atoms with Crippen molar-refractivity contribution >= 4 is 34.1 Å². The topological polar surface area (TPSA) is 6.48 Å². The molecule has 0 N–H and O–H groups in total. The summed E-state index contributed by atoms with van der Waals surface area (Å²) >= 11 is 0. The maximum atomic E-state index is 2.56. The molecule has 1 atom stereocenters. The van der Waals surface area contributed by atoms with Gasteiger partial charge in [-0.2, -0.15) is 0 Å². The van der Waals surface area contributed by atoms with Gasteiger partial charge in [0.15, 0.2) is 0 Å². The van der Waals surface area contributed by atoms with Crippen molar-refractivity contribution in [1.82, 2.24) is 0 Å². The number of hydrogen-bond donors (Lipinski definition) is 0. The van der Waals surface area contributed by atoms with Gasteiger partial charge in [0.1, 0.15) is 0 Å². The molecule has 70 heavy (non-hydrogen) atoms. The van der Waals surface area contributed by atoms with Crippen LogP contribution in [0.25, 0.3) is 44.5 Å². The van der Waals surface area contributed by atoms with E-state index in [1.54, 1.807) is 0 Å². The summed E-state index contributed by atoms with van der Waals surface area (Å²) in [6.45, 7) is 11.9. The summed E-state index contributed by atoms with van der Waals surface area (Å²) in [5.74, 6) is 0. The van der Waals surface area contributed by atoms with E-state index >= 15 is 0 Å². The third kappa shape index (κ3) is 6.12. The molecule has 0 saturated carbocycles. The highest BCUT2D eigenvalue weighted by Crippen LogP contribution is 2.66. The van der Waals surface area contributed by atoms with Crippen LogP contribution in [-0.4, -0.2) is 0 Å². The first-order valence-electron chi connectivity index (χ1n) is 24.8. The first-order valence-corrected chi connectivity index (χ1v) is 24.8. The molecule has 0 aromatic heterocycles. The predicted molar refractivity (Wildman–Crippen MR) is 294 cm³/mol. The normalized spacial score (nSPS) is 15.4. The van der Waals surface area contributed by atoms with Gasteiger partial charge in [-0.25, -0.2) is 0 Å². The lowest BCUT2D eigenvalue weighted by atomic mass is 9.69. The smallest absolute Gasteiger partial charge is 0.0727 e. The van der Waals surface area contributed by atoms with Crippen molar-refractivity contribution in [3.05, 3.63) is 276 Å². The Labute approximate surface area is 412 Å². The number of anilines is 6. The fourth-order valence-corrected chi connectivity index (χ4v) is 12.5. The van der Waals surface area contributed by atoms with Crippen LogP contribution in [0, 0.1) is 0 Å². The Balaban J connectivity index is 1.14. The molecule has 2 heteroatoms. The van der Waals surface area contributed by atoms with Crippen LogP contribution in [0.3, 0.4) is 0 Å². The van der Waals surface area contributed by atoms with Crippen LogP contribution in [0.5, 0.6) is 0 Å². The molecule has 1 spiro atoms. The summed E-state index contributed by atoms with van der Waals surface area (Å²) in [5.41, 5.74) is 25.4. The minimum Gasteiger partial charge on any atom is -0.310 e. The highest BCUT2D eigenvalue weighted by atomic mass is 15.1. The van der Waals surface area contributed by atoms with Crippen LogP contribution in [0.1, 0.15) is 73.6 Å². The van der Waals surface area contributed by atoms with Crippen LogP contribution < -0.4 is 9.80 Å². The second-order valence-corrected chi connectivity index (χ2v) is 20.9. The molecule has 0 amide bonds. The molecule has 2 nitrogen and oxygen atoms in total. The summed E-state index contributed by atoms with van der Waals surface area (Å²) < 4.78 is 0. The van der Waals surface area contributed by atoms with E-state index in [2.05, 4.69) is 281 Å². The maximum absolute atomic E-state index is 2.56. The van der Waals surface area contributed by atoms with Crippen molar-refractivity contribution in [2.24, 2.45) is 0 Å². The Morgan fingerprint density at radius 1 is 0.314 bits per heavy atom. The summed E-state index contributed by atoms with van der Waals surface area (Å²) in [6, 6.07) is 88.5. The Morgan fingerprint density at radius 2 is 0.786 bits per heavy atom. The molecule has 0 fully saturated rings. The summed E-state index contributed by atoms with van der Waals surface area (Å²) in [6.07, 6.45) is 0. The fourth-order valence-electron chi connectivity index (χ4n) is 12.5. The zero-order valence-electron chi connectivity index (χ0n) is 40.4. The second kappa shape index (κ2) is 15.7. The van der Waals surface area contributed by atoms with Crippen LogP contribution in [-0.2, 0) is 16.2 Å². The largest absolute Gasteiger partial charge is 0.310 e. The summed E-state index contributed by atoms with van der Waals surface area (Å²) in [7, 11) is 0. The Morgan fingerprint density at radius 3 is 1.39 bits per heavy atom.